The van der Waals surface area contributed by atoms with Crippen LogP contribution in [0.1, 0.15) is 49.7 Å². The first-order valence-corrected chi connectivity index (χ1v) is 10.5. The van der Waals surface area contributed by atoms with Crippen molar-refractivity contribution >= 4 is 35.8 Å². The summed E-state index contributed by atoms with van der Waals surface area (Å²) in [5.41, 5.74) is 2.36. The van der Waals surface area contributed by atoms with Crippen molar-refractivity contribution in [1.29, 1.82) is 0 Å². The number of guanidine groups is 1. The van der Waals surface area contributed by atoms with Crippen molar-refractivity contribution in [3.8, 4) is 0 Å². The molecular weight excluding hydrogens is 479 g/mol. The number of nitrogens with one attached hydrogen (secondary N) is 2. The van der Waals surface area contributed by atoms with Crippen molar-refractivity contribution in [2.45, 2.75) is 57.7 Å². The molecule has 7 heteroatoms. The predicted octanol–water partition coefficient (Wildman–Crippen LogP) is 3.30. The highest BCUT2D eigenvalue weighted by atomic mass is 127. The van der Waals surface area contributed by atoms with E-state index in [1.807, 2.05) is 6.07 Å². The number of methoxy groups -OCH3 is 1. The van der Waals surface area contributed by atoms with Crippen LogP contribution in [-0.4, -0.2) is 50.1 Å². The van der Waals surface area contributed by atoms with Crippen LogP contribution in [0.15, 0.2) is 29.3 Å². The van der Waals surface area contributed by atoms with Gasteiger partial charge in [-0.1, -0.05) is 43.5 Å². The van der Waals surface area contributed by atoms with E-state index in [4.69, 9.17) is 4.74 Å². The second-order valence-corrected chi connectivity index (χ2v) is 7.93. The maximum Gasteiger partial charge on any atom is 0.225 e. The van der Waals surface area contributed by atoms with Crippen LogP contribution in [0.25, 0.3) is 0 Å². The van der Waals surface area contributed by atoms with Crippen molar-refractivity contribution in [1.82, 2.24) is 15.5 Å². The number of nitrogens with zero attached hydrogens (tertiary/aromatic N) is 2. The summed E-state index contributed by atoms with van der Waals surface area (Å²) in [4.78, 5) is 19.1. The number of carbonyl (C=O) groups is 1. The molecule has 29 heavy (non-hydrogen) atoms. The van der Waals surface area contributed by atoms with Crippen LogP contribution in [0.3, 0.4) is 0 Å². The zero-order valence-corrected chi connectivity index (χ0v) is 20.0. The molecule has 0 bridgehead atoms. The van der Waals surface area contributed by atoms with Gasteiger partial charge in [0.2, 0.25) is 5.91 Å². The molecule has 1 aliphatic carbocycles. The maximum atomic E-state index is 12.7. The fraction of sp³-hybridized carbons (Fsp3) is 0.636. The molecule has 3 rings (SSSR count). The van der Waals surface area contributed by atoms with Gasteiger partial charge in [-0.3, -0.25) is 9.79 Å². The number of hydrogen-bond donors (Lipinski definition) is 2. The summed E-state index contributed by atoms with van der Waals surface area (Å²) in [5, 5.41) is 6.87. The van der Waals surface area contributed by atoms with E-state index >= 15 is 0 Å². The molecule has 1 amide bonds. The van der Waals surface area contributed by atoms with E-state index in [0.717, 1.165) is 43.9 Å². The number of aliphatic imine (C=N–C) groups is 1. The second-order valence-electron chi connectivity index (χ2n) is 7.93. The monoisotopic (exact) mass is 514 g/mol. The number of likely N-dealkylation sites (tertiary alicyclic amines) is 1. The van der Waals surface area contributed by atoms with Crippen LogP contribution in [0, 0.1) is 5.92 Å². The third-order valence-corrected chi connectivity index (χ3v) is 5.78. The molecule has 0 radical (unpaired) electrons. The predicted molar refractivity (Wildman–Crippen MR) is 127 cm³/mol. The van der Waals surface area contributed by atoms with Crippen molar-refractivity contribution < 1.29 is 9.53 Å². The van der Waals surface area contributed by atoms with Crippen molar-refractivity contribution in [3.63, 3.8) is 0 Å². The van der Waals surface area contributed by atoms with E-state index in [1.165, 1.54) is 24.8 Å². The van der Waals surface area contributed by atoms with E-state index in [9.17, 15) is 4.79 Å². The first-order chi connectivity index (χ1) is 13.7. The van der Waals surface area contributed by atoms with Gasteiger partial charge in [0.15, 0.2) is 5.96 Å². The number of ether oxygens (including phenoxy) is 1. The molecule has 2 N–H and O–H groups in total. The normalized spacial score (nSPS) is 20.3. The van der Waals surface area contributed by atoms with E-state index in [1.54, 1.807) is 14.2 Å². The maximum absolute atomic E-state index is 12.7. The Balaban J connectivity index is 0.00000300. The molecule has 6 nitrogen and oxygen atoms in total. The molecule has 1 aliphatic heterocycles. The summed E-state index contributed by atoms with van der Waals surface area (Å²) in [6.07, 6.45) is 6.80. The Hall–Kier alpha value is -1.35. The van der Waals surface area contributed by atoms with Gasteiger partial charge < -0.3 is 20.3 Å². The van der Waals surface area contributed by atoms with E-state index in [0.29, 0.717) is 19.1 Å². The number of amides is 1. The lowest BCUT2D eigenvalue weighted by molar-refractivity contribution is -0.135. The standard InChI is InChI=1S/C22H34N4O2.HI/c1-23-22(24-14-17-7-6-8-18(13-17)16-28-2)25-20-11-12-26(15-20)21(27)19-9-4-3-5-10-19;/h6-8,13,19-20H,3-5,9-12,14-16H2,1-2H3,(H2,23,24,25);1H. The van der Waals surface area contributed by atoms with Crippen LogP contribution in [0.2, 0.25) is 0 Å². The van der Waals surface area contributed by atoms with Gasteiger partial charge in [0.05, 0.1) is 6.61 Å². The molecule has 1 atom stereocenters. The zero-order chi connectivity index (χ0) is 19.8. The summed E-state index contributed by atoms with van der Waals surface area (Å²) in [6, 6.07) is 8.62. The van der Waals surface area contributed by atoms with Gasteiger partial charge in [0.25, 0.3) is 0 Å². The molecule has 162 valence electrons. The summed E-state index contributed by atoms with van der Waals surface area (Å²) in [6.45, 7) is 2.95. The minimum absolute atomic E-state index is 0. The van der Waals surface area contributed by atoms with Gasteiger partial charge in [-0.15, -0.1) is 24.0 Å². The molecule has 1 saturated heterocycles. The lowest BCUT2D eigenvalue weighted by Crippen LogP contribution is -2.45. The fourth-order valence-corrected chi connectivity index (χ4v) is 4.26. The topological polar surface area (TPSA) is 66.0 Å². The number of hydrogen-bond acceptors (Lipinski definition) is 3. The average molecular weight is 514 g/mol. The van der Waals surface area contributed by atoms with Crippen LogP contribution < -0.4 is 10.6 Å². The molecule has 1 aromatic carbocycles. The van der Waals surface area contributed by atoms with E-state index in [2.05, 4.69) is 38.7 Å². The molecule has 2 aliphatic rings. The Labute approximate surface area is 191 Å². The molecule has 1 unspecified atom stereocenters. The highest BCUT2D eigenvalue weighted by Gasteiger charge is 2.31. The highest BCUT2D eigenvalue weighted by Crippen LogP contribution is 2.26. The van der Waals surface area contributed by atoms with Crippen molar-refractivity contribution in [2.75, 3.05) is 27.2 Å². The number of carbonyl (C=O) groups excluding carboxylic acids is 1. The van der Waals surface area contributed by atoms with Crippen molar-refractivity contribution in [2.24, 2.45) is 10.9 Å². The van der Waals surface area contributed by atoms with Crippen LogP contribution in [0.4, 0.5) is 0 Å². The Morgan fingerprint density at radius 2 is 1.97 bits per heavy atom. The highest BCUT2D eigenvalue weighted by molar-refractivity contribution is 14.0. The fourth-order valence-electron chi connectivity index (χ4n) is 4.26. The van der Waals surface area contributed by atoms with Crippen LogP contribution in [-0.2, 0) is 22.7 Å². The van der Waals surface area contributed by atoms with Crippen LogP contribution in [0.5, 0.6) is 0 Å². The molecule has 0 spiro atoms. The summed E-state index contributed by atoms with van der Waals surface area (Å²) >= 11 is 0. The van der Waals surface area contributed by atoms with Gasteiger partial charge in [-0.25, -0.2) is 0 Å². The van der Waals surface area contributed by atoms with Gasteiger partial charge in [-0.05, 0) is 30.4 Å². The summed E-state index contributed by atoms with van der Waals surface area (Å²) in [7, 11) is 3.50. The molecule has 2 fully saturated rings. The largest absolute Gasteiger partial charge is 0.380 e. The van der Waals surface area contributed by atoms with Crippen LogP contribution >= 0.6 is 24.0 Å². The first-order valence-electron chi connectivity index (χ1n) is 10.5. The minimum atomic E-state index is 0. The molecule has 0 aromatic heterocycles. The number of rotatable bonds is 6. The van der Waals surface area contributed by atoms with Gasteiger partial charge in [-0.2, -0.15) is 0 Å². The lowest BCUT2D eigenvalue weighted by Gasteiger charge is -2.26. The molecule has 1 heterocycles. The first kappa shape index (κ1) is 23.9. The van der Waals surface area contributed by atoms with Gasteiger partial charge >= 0.3 is 0 Å². The van der Waals surface area contributed by atoms with Gasteiger partial charge in [0.1, 0.15) is 0 Å². The lowest BCUT2D eigenvalue weighted by atomic mass is 9.88. The third-order valence-electron chi connectivity index (χ3n) is 5.78. The Bertz CT molecular complexity index is 677. The Kier molecular flexibility index (Phi) is 10.2. The number of benzene rings is 1. The third kappa shape index (κ3) is 7.13. The number of halogens is 1. The van der Waals surface area contributed by atoms with Crippen molar-refractivity contribution in [3.05, 3.63) is 35.4 Å². The SMILES string of the molecule is CN=C(NCc1cccc(COC)c1)NC1CCN(C(=O)C2CCCCC2)C1.I. The quantitative estimate of drug-likeness (QED) is 0.348. The summed E-state index contributed by atoms with van der Waals surface area (Å²) in [5.74, 6) is 1.40. The minimum Gasteiger partial charge on any atom is -0.380 e. The Morgan fingerprint density at radius 3 is 2.69 bits per heavy atom. The van der Waals surface area contributed by atoms with E-state index in [-0.39, 0.29) is 35.9 Å². The molecular formula is C22H35IN4O2. The molecule has 1 aromatic rings. The van der Waals surface area contributed by atoms with E-state index < -0.39 is 0 Å². The summed E-state index contributed by atoms with van der Waals surface area (Å²) < 4.78 is 5.20. The zero-order valence-electron chi connectivity index (χ0n) is 17.7. The Morgan fingerprint density at radius 1 is 1.21 bits per heavy atom. The molecule has 1 saturated carbocycles. The smallest absolute Gasteiger partial charge is 0.225 e. The average Bonchev–Trinajstić information content (AvgIpc) is 3.20. The second kappa shape index (κ2) is 12.4. The van der Waals surface area contributed by atoms with Gasteiger partial charge in [0, 0.05) is 45.8 Å².